The third kappa shape index (κ3) is 2.06. The van der Waals surface area contributed by atoms with Crippen molar-refractivity contribution in [3.8, 4) is 5.75 Å². The van der Waals surface area contributed by atoms with E-state index in [9.17, 15) is 9.90 Å². The van der Waals surface area contributed by atoms with Crippen LogP contribution in [0.25, 0.3) is 11.0 Å². The van der Waals surface area contributed by atoms with Crippen LogP contribution in [0.4, 0.5) is 0 Å². The van der Waals surface area contributed by atoms with E-state index in [1.807, 2.05) is 0 Å². The molecule has 0 aliphatic carbocycles. The van der Waals surface area contributed by atoms with Gasteiger partial charge in [0.25, 0.3) is 0 Å². The normalized spacial score (nSPS) is 10.9. The zero-order valence-electron chi connectivity index (χ0n) is 10.7. The first-order chi connectivity index (χ1) is 9.56. The molecule has 0 aliphatic heterocycles. The van der Waals surface area contributed by atoms with E-state index in [-0.39, 0.29) is 11.5 Å². The Bertz CT molecular complexity index is 800. The summed E-state index contributed by atoms with van der Waals surface area (Å²) in [6.07, 6.45) is 1.42. The summed E-state index contributed by atoms with van der Waals surface area (Å²) >= 11 is 5.81. The Labute approximate surface area is 120 Å². The van der Waals surface area contributed by atoms with Crippen LogP contribution >= 0.6 is 11.6 Å². The van der Waals surface area contributed by atoms with Crippen molar-refractivity contribution in [2.24, 2.45) is 0 Å². The number of halogens is 1. The number of benzene rings is 2. The number of phenols is 1. The van der Waals surface area contributed by atoms with Gasteiger partial charge < -0.3 is 9.52 Å². The van der Waals surface area contributed by atoms with Gasteiger partial charge in [0, 0.05) is 16.0 Å². The summed E-state index contributed by atoms with van der Waals surface area (Å²) in [6, 6.07) is 9.92. The van der Waals surface area contributed by atoms with Gasteiger partial charge in [-0.25, -0.2) is 0 Å². The molecule has 3 aromatic rings. The number of ketones is 1. The van der Waals surface area contributed by atoms with E-state index in [2.05, 4.69) is 0 Å². The number of rotatable bonds is 2. The second kappa shape index (κ2) is 4.69. The molecule has 0 atom stereocenters. The molecule has 1 N–H and O–H groups in total. The molecule has 2 aromatic carbocycles. The van der Waals surface area contributed by atoms with Gasteiger partial charge in [-0.15, -0.1) is 0 Å². The van der Waals surface area contributed by atoms with E-state index in [1.54, 1.807) is 43.3 Å². The maximum absolute atomic E-state index is 12.4. The summed E-state index contributed by atoms with van der Waals surface area (Å²) in [7, 11) is 0. The van der Waals surface area contributed by atoms with Gasteiger partial charge in [-0.1, -0.05) is 11.6 Å². The molecule has 1 aromatic heterocycles. The van der Waals surface area contributed by atoms with E-state index in [0.717, 1.165) is 0 Å². The Hall–Kier alpha value is -2.26. The van der Waals surface area contributed by atoms with E-state index in [1.165, 1.54) is 6.26 Å². The number of phenolic OH excluding ortho intramolecular Hbond substituents is 1. The quantitative estimate of drug-likeness (QED) is 0.713. The van der Waals surface area contributed by atoms with Crippen molar-refractivity contribution < 1.29 is 14.3 Å². The molecule has 0 aliphatic rings. The van der Waals surface area contributed by atoms with E-state index in [4.69, 9.17) is 16.0 Å². The lowest BCUT2D eigenvalue weighted by Crippen LogP contribution is -1.99. The highest BCUT2D eigenvalue weighted by Gasteiger charge is 2.16. The topological polar surface area (TPSA) is 50.4 Å². The van der Waals surface area contributed by atoms with Gasteiger partial charge >= 0.3 is 0 Å². The van der Waals surface area contributed by atoms with Gasteiger partial charge in [-0.3, -0.25) is 4.79 Å². The zero-order valence-corrected chi connectivity index (χ0v) is 11.4. The van der Waals surface area contributed by atoms with Crippen LogP contribution in [-0.2, 0) is 0 Å². The number of carbonyl (C=O) groups excluding carboxylic acids is 1. The van der Waals surface area contributed by atoms with Crippen LogP contribution in [0.2, 0.25) is 5.02 Å². The fraction of sp³-hybridized carbons (Fsp3) is 0.0625. The first-order valence-corrected chi connectivity index (χ1v) is 6.45. The summed E-state index contributed by atoms with van der Waals surface area (Å²) in [4.78, 5) is 12.4. The largest absolute Gasteiger partial charge is 0.508 e. The average Bonchev–Trinajstić information content (AvgIpc) is 2.82. The summed E-state index contributed by atoms with van der Waals surface area (Å²) in [5.74, 6) is -0.0206. The Morgan fingerprint density at radius 2 is 1.90 bits per heavy atom. The standard InChI is InChI=1S/C16H11ClO3/c1-9-6-15-12(7-14(9)18)13(8-20-15)16(19)10-2-4-11(17)5-3-10/h2-8,18H,1H3. The molecule has 0 saturated carbocycles. The maximum atomic E-state index is 12.4. The van der Waals surface area contributed by atoms with Crippen molar-refractivity contribution in [3.05, 3.63) is 64.4 Å². The summed E-state index contributed by atoms with van der Waals surface area (Å²) in [5.41, 5.74) is 2.24. The number of furan rings is 1. The van der Waals surface area contributed by atoms with Crippen molar-refractivity contribution >= 4 is 28.4 Å². The Kier molecular flexibility index (Phi) is 2.99. The average molecular weight is 287 g/mol. The molecular weight excluding hydrogens is 276 g/mol. The number of hydrogen-bond acceptors (Lipinski definition) is 3. The van der Waals surface area contributed by atoms with Gasteiger partial charge in [0.1, 0.15) is 17.6 Å². The van der Waals surface area contributed by atoms with Crippen LogP contribution in [0, 0.1) is 6.92 Å². The van der Waals surface area contributed by atoms with Crippen molar-refractivity contribution in [2.45, 2.75) is 6.92 Å². The van der Waals surface area contributed by atoms with Gasteiger partial charge in [-0.2, -0.15) is 0 Å². The van der Waals surface area contributed by atoms with Gasteiger partial charge in [0.05, 0.1) is 5.56 Å². The lowest BCUT2D eigenvalue weighted by Gasteiger charge is -2.01. The van der Waals surface area contributed by atoms with Gasteiger partial charge in [-0.05, 0) is 48.9 Å². The molecular formula is C16H11ClO3. The van der Waals surface area contributed by atoms with Crippen LogP contribution in [0.3, 0.4) is 0 Å². The molecule has 20 heavy (non-hydrogen) atoms. The number of hydrogen-bond donors (Lipinski definition) is 1. The van der Waals surface area contributed by atoms with Crippen molar-refractivity contribution in [3.63, 3.8) is 0 Å². The van der Waals surface area contributed by atoms with E-state index < -0.39 is 0 Å². The molecule has 0 bridgehead atoms. The molecule has 3 nitrogen and oxygen atoms in total. The number of carbonyl (C=O) groups is 1. The minimum absolute atomic E-state index is 0.143. The Morgan fingerprint density at radius 1 is 1.20 bits per heavy atom. The van der Waals surface area contributed by atoms with Gasteiger partial charge in [0.15, 0.2) is 5.78 Å². The van der Waals surface area contributed by atoms with Crippen LogP contribution in [0.1, 0.15) is 21.5 Å². The number of aryl methyl sites for hydroxylation is 1. The molecule has 0 fully saturated rings. The highest BCUT2D eigenvalue weighted by molar-refractivity contribution is 6.30. The molecule has 100 valence electrons. The third-order valence-corrected chi connectivity index (χ3v) is 3.50. The molecule has 3 rings (SSSR count). The number of aromatic hydroxyl groups is 1. The van der Waals surface area contributed by atoms with Gasteiger partial charge in [0.2, 0.25) is 0 Å². The third-order valence-electron chi connectivity index (χ3n) is 3.24. The molecule has 1 heterocycles. The molecule has 0 radical (unpaired) electrons. The summed E-state index contributed by atoms with van der Waals surface area (Å²) in [5, 5.41) is 11.0. The SMILES string of the molecule is Cc1cc2occ(C(=O)c3ccc(Cl)cc3)c2cc1O. The minimum atomic E-state index is -0.163. The van der Waals surface area contributed by atoms with Crippen molar-refractivity contribution in [1.29, 1.82) is 0 Å². The van der Waals surface area contributed by atoms with Crippen LogP contribution in [0.5, 0.6) is 5.75 Å². The van der Waals surface area contributed by atoms with E-state index >= 15 is 0 Å². The Morgan fingerprint density at radius 3 is 2.60 bits per heavy atom. The first-order valence-electron chi connectivity index (χ1n) is 6.07. The fourth-order valence-electron chi connectivity index (χ4n) is 2.10. The molecule has 4 heteroatoms. The fourth-order valence-corrected chi connectivity index (χ4v) is 2.22. The van der Waals surface area contributed by atoms with Crippen LogP contribution in [0.15, 0.2) is 47.1 Å². The lowest BCUT2D eigenvalue weighted by atomic mass is 10.0. The van der Waals surface area contributed by atoms with E-state index in [0.29, 0.717) is 32.7 Å². The van der Waals surface area contributed by atoms with Crippen molar-refractivity contribution in [2.75, 3.05) is 0 Å². The molecule has 0 unspecified atom stereocenters. The van der Waals surface area contributed by atoms with Crippen LogP contribution < -0.4 is 0 Å². The lowest BCUT2D eigenvalue weighted by molar-refractivity contribution is 0.103. The van der Waals surface area contributed by atoms with Crippen LogP contribution in [-0.4, -0.2) is 10.9 Å². The molecule has 0 saturated heterocycles. The van der Waals surface area contributed by atoms with Crippen molar-refractivity contribution in [1.82, 2.24) is 0 Å². The maximum Gasteiger partial charge on any atom is 0.196 e. The Balaban J connectivity index is 2.12. The highest BCUT2D eigenvalue weighted by Crippen LogP contribution is 2.29. The summed E-state index contributed by atoms with van der Waals surface area (Å²) < 4.78 is 5.39. The monoisotopic (exact) mass is 286 g/mol. The smallest absolute Gasteiger partial charge is 0.196 e. The second-order valence-corrected chi connectivity index (χ2v) is 5.06. The molecule has 0 spiro atoms. The zero-order chi connectivity index (χ0) is 14.3. The highest BCUT2D eigenvalue weighted by atomic mass is 35.5. The second-order valence-electron chi connectivity index (χ2n) is 4.62. The minimum Gasteiger partial charge on any atom is -0.508 e. The predicted molar refractivity (Wildman–Crippen MR) is 77.5 cm³/mol. The molecule has 0 amide bonds. The summed E-state index contributed by atoms with van der Waals surface area (Å²) in [6.45, 7) is 1.78. The predicted octanol–water partition coefficient (Wildman–Crippen LogP) is 4.33. The number of fused-ring (bicyclic) bond motifs is 1. The first kappa shape index (κ1) is 12.8.